The van der Waals surface area contributed by atoms with Gasteiger partial charge in [-0.05, 0) is 0 Å². The summed E-state index contributed by atoms with van der Waals surface area (Å²) in [6, 6.07) is 0. The molecule has 0 fully saturated rings. The van der Waals surface area contributed by atoms with Gasteiger partial charge in [-0.25, -0.2) is 0 Å². The van der Waals surface area contributed by atoms with E-state index in [0.29, 0.717) is 0 Å². The fourth-order valence-electron chi connectivity index (χ4n) is 0. The van der Waals surface area contributed by atoms with Crippen molar-refractivity contribution in [2.75, 3.05) is 0 Å². The zero-order valence-electron chi connectivity index (χ0n) is 1.71. The summed E-state index contributed by atoms with van der Waals surface area (Å²) in [6.07, 6.45) is 1.32. The predicted molar refractivity (Wildman–Crippen MR) is 6.70 cm³/mol. The maximum atomic E-state index is 7.34. The average molecular weight is 97.9 g/mol. The fraction of sp³-hybridized carbons (Fsp3) is 0. The molecule has 0 aromatic carbocycles. The van der Waals surface area contributed by atoms with Crippen molar-refractivity contribution in [3.05, 3.63) is 0 Å². The number of nitriles is 1. The van der Waals surface area contributed by atoms with Crippen LogP contribution in [0.25, 0.3) is 0 Å². The molecule has 0 aromatic heterocycles. The molecule has 3 heteroatoms. The summed E-state index contributed by atoms with van der Waals surface area (Å²) in [5, 5.41) is 7.34. The van der Waals surface area contributed by atoms with E-state index in [-0.39, 0.29) is 0 Å². The van der Waals surface area contributed by atoms with Crippen molar-refractivity contribution < 1.29 is 20.2 Å². The van der Waals surface area contributed by atoms with Gasteiger partial charge in [0.05, 0.1) is 0 Å². The Labute approximate surface area is 32.5 Å². The van der Waals surface area contributed by atoms with Crippen molar-refractivity contribution in [1.29, 1.82) is 5.26 Å². The van der Waals surface area contributed by atoms with Gasteiger partial charge in [-0.1, -0.05) is 0 Å². The SMILES string of the molecule is N#C[O][Fe]. The molecule has 0 radical (unpaired) electrons. The van der Waals surface area contributed by atoms with Gasteiger partial charge in [0.25, 0.3) is 0 Å². The van der Waals surface area contributed by atoms with Gasteiger partial charge in [-0.15, -0.1) is 0 Å². The Bertz CT molecular complexity index is 37.8. The third kappa shape index (κ3) is 1.81. The molecule has 0 aliphatic heterocycles. The zero-order chi connectivity index (χ0) is 3.41. The van der Waals surface area contributed by atoms with E-state index in [1.807, 2.05) is 0 Å². The molecule has 0 rings (SSSR count). The molecule has 2 nitrogen and oxygen atoms in total. The van der Waals surface area contributed by atoms with Crippen molar-refractivity contribution in [3.8, 4) is 6.26 Å². The van der Waals surface area contributed by atoms with Crippen molar-refractivity contribution in [2.45, 2.75) is 0 Å². The van der Waals surface area contributed by atoms with Crippen LogP contribution in [0.15, 0.2) is 0 Å². The van der Waals surface area contributed by atoms with Crippen LogP contribution >= 0.6 is 0 Å². The van der Waals surface area contributed by atoms with E-state index in [1.165, 1.54) is 6.26 Å². The number of nitrogens with zero attached hydrogens (tertiary/aromatic N) is 1. The monoisotopic (exact) mass is 97.9 g/mol. The fourth-order valence-corrected chi connectivity index (χ4v) is 0. The van der Waals surface area contributed by atoms with Crippen molar-refractivity contribution in [3.63, 3.8) is 0 Å². The van der Waals surface area contributed by atoms with E-state index in [4.69, 9.17) is 5.26 Å². The normalized spacial score (nSPS) is 4.00. The van der Waals surface area contributed by atoms with Crippen LogP contribution < -0.4 is 0 Å². The third-order valence-corrected chi connectivity index (χ3v) is 0.133. The van der Waals surface area contributed by atoms with Gasteiger partial charge in [-0.3, -0.25) is 0 Å². The molecule has 0 spiro atoms. The minimum atomic E-state index is 1.32. The van der Waals surface area contributed by atoms with E-state index in [2.05, 4.69) is 20.2 Å². The molecule has 0 aromatic rings. The molecule has 0 saturated heterocycles. The summed E-state index contributed by atoms with van der Waals surface area (Å²) >= 11 is 2.74. The second-order valence-electron chi connectivity index (χ2n) is 0.163. The molecule has 0 bridgehead atoms. The van der Waals surface area contributed by atoms with Gasteiger partial charge >= 0.3 is 31.7 Å². The Morgan fingerprint density at radius 2 is 2.25 bits per heavy atom. The van der Waals surface area contributed by atoms with Crippen LogP contribution in [0.2, 0.25) is 0 Å². The molecule has 0 aliphatic carbocycles. The minimum absolute atomic E-state index is 1.32. The second kappa shape index (κ2) is 2.81. The van der Waals surface area contributed by atoms with E-state index in [1.54, 1.807) is 0 Å². The van der Waals surface area contributed by atoms with Gasteiger partial charge in [0, 0.05) is 0 Å². The Hall–Kier alpha value is -0.191. The maximum absolute atomic E-state index is 7.34. The van der Waals surface area contributed by atoms with E-state index in [9.17, 15) is 0 Å². The van der Waals surface area contributed by atoms with Crippen LogP contribution in [0.1, 0.15) is 0 Å². The third-order valence-electron chi connectivity index (χ3n) is 0.0323. The molecule has 0 amide bonds. The van der Waals surface area contributed by atoms with Gasteiger partial charge in [0.1, 0.15) is 0 Å². The Morgan fingerprint density at radius 3 is 2.25 bits per heavy atom. The topological polar surface area (TPSA) is 33.0 Å². The zero-order valence-corrected chi connectivity index (χ0v) is 2.81. The van der Waals surface area contributed by atoms with E-state index in [0.717, 1.165) is 0 Å². The molecule has 0 N–H and O–H groups in total. The number of hydrogen-bond donors (Lipinski definition) is 0. The first kappa shape index (κ1) is 3.81. The number of hydrogen-bond acceptors (Lipinski definition) is 2. The van der Waals surface area contributed by atoms with Crippen LogP contribution in [0.3, 0.4) is 0 Å². The molecular formula is CFeNO. The molecule has 0 unspecified atom stereocenters. The Balaban J connectivity index is 2.43. The van der Waals surface area contributed by atoms with Crippen LogP contribution in [-0.4, -0.2) is 0 Å². The summed E-state index contributed by atoms with van der Waals surface area (Å²) < 4.78 is 3.60. The molecule has 0 saturated carbocycles. The quantitative estimate of drug-likeness (QED) is 0.314. The van der Waals surface area contributed by atoms with Gasteiger partial charge < -0.3 is 0 Å². The first-order valence-electron chi connectivity index (χ1n) is 0.572. The standard InChI is InChI=1S/CHNO.Fe/c2-1-3;/h3H;/q;+1/p-1. The van der Waals surface area contributed by atoms with Gasteiger partial charge in [0.2, 0.25) is 0 Å². The summed E-state index contributed by atoms with van der Waals surface area (Å²) in [7, 11) is 0. The predicted octanol–water partition coefficient (Wildman–Crippen LogP) is -0.0541. The molecule has 0 aliphatic rings. The van der Waals surface area contributed by atoms with Gasteiger partial charge in [-0.2, -0.15) is 0 Å². The van der Waals surface area contributed by atoms with Crippen LogP contribution in [0.4, 0.5) is 0 Å². The first-order valence-corrected chi connectivity index (χ1v) is 1.02. The summed E-state index contributed by atoms with van der Waals surface area (Å²) in [5.41, 5.74) is 0. The van der Waals surface area contributed by atoms with Gasteiger partial charge in [0.15, 0.2) is 0 Å². The second-order valence-corrected chi connectivity index (χ2v) is 0.389. The van der Waals surface area contributed by atoms with Crippen molar-refractivity contribution in [2.24, 2.45) is 0 Å². The average Bonchev–Trinajstić information content (AvgIpc) is 1.37. The Kier molecular flexibility index (Phi) is 2.68. The first-order chi connectivity index (χ1) is 1.91. The Morgan fingerprint density at radius 1 is 2.00 bits per heavy atom. The van der Waals surface area contributed by atoms with Crippen LogP contribution in [-0.2, 0) is 20.2 Å². The molecule has 0 atom stereocenters. The summed E-state index contributed by atoms with van der Waals surface area (Å²) in [4.78, 5) is 0. The molecule has 4 heavy (non-hydrogen) atoms. The van der Waals surface area contributed by atoms with E-state index >= 15 is 0 Å². The molecular weight excluding hydrogens is 97.9 g/mol. The summed E-state index contributed by atoms with van der Waals surface area (Å²) in [6.45, 7) is 0. The van der Waals surface area contributed by atoms with E-state index < -0.39 is 0 Å². The van der Waals surface area contributed by atoms with Crippen LogP contribution in [0.5, 0.6) is 0 Å². The number of rotatable bonds is 0. The molecule has 0 heterocycles. The van der Waals surface area contributed by atoms with Crippen molar-refractivity contribution >= 4 is 0 Å². The summed E-state index contributed by atoms with van der Waals surface area (Å²) in [5.74, 6) is 0. The van der Waals surface area contributed by atoms with Crippen molar-refractivity contribution in [1.82, 2.24) is 0 Å². The molecule has 23 valence electrons. The van der Waals surface area contributed by atoms with Crippen LogP contribution in [0, 0.1) is 11.5 Å².